The molecule has 0 radical (unpaired) electrons. The number of hydrogen-bond donors (Lipinski definition) is 2. The highest BCUT2D eigenvalue weighted by molar-refractivity contribution is 7.89. The van der Waals surface area contributed by atoms with Crippen molar-refractivity contribution < 1.29 is 27.5 Å². The Bertz CT molecular complexity index is 721. The van der Waals surface area contributed by atoms with Gasteiger partial charge in [-0.2, -0.15) is 4.31 Å². The molecule has 1 aliphatic rings. The molecule has 7 nitrogen and oxygen atoms in total. The van der Waals surface area contributed by atoms with E-state index in [9.17, 15) is 22.4 Å². The molecule has 1 heterocycles. The third kappa shape index (κ3) is 5.23. The van der Waals surface area contributed by atoms with Gasteiger partial charge in [0.2, 0.25) is 15.9 Å². The molecule has 0 spiro atoms. The normalized spacial score (nSPS) is 18.7. The average molecular weight is 372 g/mol. The second-order valence-corrected chi connectivity index (χ2v) is 7.88. The fraction of sp³-hybridized carbons (Fsp3) is 0.500. The number of carboxylic acids is 1. The summed E-state index contributed by atoms with van der Waals surface area (Å²) in [5, 5.41) is 11.2. The van der Waals surface area contributed by atoms with Gasteiger partial charge in [0.15, 0.2) is 0 Å². The highest BCUT2D eigenvalue weighted by Gasteiger charge is 2.33. The number of nitrogens with zero attached hydrogens (tertiary/aromatic N) is 1. The molecule has 0 saturated carbocycles. The van der Waals surface area contributed by atoms with E-state index in [0.717, 1.165) is 12.1 Å². The lowest BCUT2D eigenvalue weighted by molar-refractivity contribution is -0.137. The third-order valence-electron chi connectivity index (χ3n) is 4.07. The van der Waals surface area contributed by atoms with Crippen molar-refractivity contribution in [1.82, 2.24) is 9.62 Å². The van der Waals surface area contributed by atoms with Crippen molar-refractivity contribution in [2.75, 3.05) is 19.6 Å². The van der Waals surface area contributed by atoms with Crippen molar-refractivity contribution in [2.24, 2.45) is 5.92 Å². The van der Waals surface area contributed by atoms with Gasteiger partial charge in [-0.3, -0.25) is 9.59 Å². The number of hydrogen-bond acceptors (Lipinski definition) is 4. The summed E-state index contributed by atoms with van der Waals surface area (Å²) in [5.41, 5.74) is 0. The summed E-state index contributed by atoms with van der Waals surface area (Å²) in [5.74, 6) is -2.20. The minimum atomic E-state index is -3.77. The quantitative estimate of drug-likeness (QED) is 0.700. The Balaban J connectivity index is 1.96. The molecule has 0 aromatic heterocycles. The second kappa shape index (κ2) is 8.39. The molecule has 25 heavy (non-hydrogen) atoms. The van der Waals surface area contributed by atoms with Gasteiger partial charge >= 0.3 is 5.97 Å². The molecule has 0 bridgehead atoms. The first kappa shape index (κ1) is 19.3. The van der Waals surface area contributed by atoms with Crippen LogP contribution in [0.4, 0.5) is 4.39 Å². The van der Waals surface area contributed by atoms with Gasteiger partial charge in [0.05, 0.1) is 10.8 Å². The van der Waals surface area contributed by atoms with Crippen molar-refractivity contribution in [3.05, 3.63) is 30.1 Å². The average Bonchev–Trinajstić information content (AvgIpc) is 2.59. The van der Waals surface area contributed by atoms with Crippen LogP contribution in [0.5, 0.6) is 0 Å². The molecule has 1 amide bonds. The number of rotatable bonds is 7. The largest absolute Gasteiger partial charge is 0.481 e. The highest BCUT2D eigenvalue weighted by atomic mass is 32.2. The van der Waals surface area contributed by atoms with Gasteiger partial charge in [-0.25, -0.2) is 12.8 Å². The van der Waals surface area contributed by atoms with Crippen LogP contribution in [0.2, 0.25) is 0 Å². The van der Waals surface area contributed by atoms with Gasteiger partial charge < -0.3 is 10.4 Å². The van der Waals surface area contributed by atoms with Crippen LogP contribution in [0.1, 0.15) is 25.7 Å². The molecular weight excluding hydrogens is 351 g/mol. The summed E-state index contributed by atoms with van der Waals surface area (Å²) in [6.07, 6.45) is 1.41. The van der Waals surface area contributed by atoms with Gasteiger partial charge in [0.25, 0.3) is 0 Å². The molecule has 0 aliphatic carbocycles. The Kier molecular flexibility index (Phi) is 6.49. The zero-order valence-corrected chi connectivity index (χ0v) is 14.5. The Morgan fingerprint density at radius 2 is 1.96 bits per heavy atom. The number of amides is 1. The number of halogens is 1. The van der Waals surface area contributed by atoms with Crippen molar-refractivity contribution >= 4 is 21.9 Å². The van der Waals surface area contributed by atoms with Gasteiger partial charge in [0.1, 0.15) is 5.82 Å². The number of carbonyl (C=O) groups excluding carboxylic acids is 1. The van der Waals surface area contributed by atoms with Crippen molar-refractivity contribution in [2.45, 2.75) is 30.6 Å². The Hall–Kier alpha value is -2.00. The monoisotopic (exact) mass is 372 g/mol. The van der Waals surface area contributed by atoms with Crippen molar-refractivity contribution in [3.63, 3.8) is 0 Å². The zero-order chi connectivity index (χ0) is 18.4. The van der Waals surface area contributed by atoms with Crippen LogP contribution >= 0.6 is 0 Å². The van der Waals surface area contributed by atoms with Crippen LogP contribution in [-0.2, 0) is 19.6 Å². The zero-order valence-electron chi connectivity index (χ0n) is 13.7. The molecular formula is C16H21FN2O5S. The van der Waals surface area contributed by atoms with Crippen LogP contribution in [-0.4, -0.2) is 49.3 Å². The fourth-order valence-electron chi connectivity index (χ4n) is 2.73. The molecule has 1 aromatic rings. The SMILES string of the molecule is O=C(O)CCCNC(=O)C1CCCN(S(=O)(=O)c2ccc(F)cc2)C1. The topological polar surface area (TPSA) is 104 Å². The van der Waals surface area contributed by atoms with Gasteiger partial charge in [0, 0.05) is 26.1 Å². The molecule has 138 valence electrons. The smallest absolute Gasteiger partial charge is 0.303 e. The lowest BCUT2D eigenvalue weighted by Gasteiger charge is -2.31. The molecule has 1 aromatic carbocycles. The number of carbonyl (C=O) groups is 2. The summed E-state index contributed by atoms with van der Waals surface area (Å²) in [4.78, 5) is 22.6. The van der Waals surface area contributed by atoms with E-state index in [-0.39, 0.29) is 30.3 Å². The minimum absolute atomic E-state index is 0.00332. The minimum Gasteiger partial charge on any atom is -0.481 e. The van der Waals surface area contributed by atoms with E-state index >= 15 is 0 Å². The third-order valence-corrected chi connectivity index (χ3v) is 5.95. The number of aliphatic carboxylic acids is 1. The number of carboxylic acid groups (broad SMARTS) is 1. The van der Waals surface area contributed by atoms with Crippen LogP contribution < -0.4 is 5.32 Å². The van der Waals surface area contributed by atoms with Gasteiger partial charge in [-0.1, -0.05) is 0 Å². The molecule has 1 unspecified atom stereocenters. The summed E-state index contributed by atoms with van der Waals surface area (Å²) in [6.45, 7) is 0.610. The second-order valence-electron chi connectivity index (χ2n) is 5.94. The predicted molar refractivity (Wildman–Crippen MR) is 87.8 cm³/mol. The predicted octanol–water partition coefficient (Wildman–Crippen LogP) is 1.21. The fourth-order valence-corrected chi connectivity index (χ4v) is 4.25. The lowest BCUT2D eigenvalue weighted by atomic mass is 9.99. The van der Waals surface area contributed by atoms with Crippen molar-refractivity contribution in [3.8, 4) is 0 Å². The number of sulfonamides is 1. The van der Waals surface area contributed by atoms with E-state index in [0.29, 0.717) is 25.8 Å². The van der Waals surface area contributed by atoms with Gasteiger partial charge in [-0.05, 0) is 43.5 Å². The van der Waals surface area contributed by atoms with E-state index in [1.54, 1.807) is 0 Å². The van der Waals surface area contributed by atoms with Crippen LogP contribution in [0.25, 0.3) is 0 Å². The maximum Gasteiger partial charge on any atom is 0.303 e. The standard InChI is InChI=1S/C16H21FN2O5S/c17-13-5-7-14(8-6-13)25(23,24)19-10-2-3-12(11-19)16(22)18-9-1-4-15(20)21/h5-8,12H,1-4,9-11H2,(H,18,22)(H,20,21). The maximum atomic E-state index is 13.0. The molecule has 1 aliphatic heterocycles. The first-order chi connectivity index (χ1) is 11.8. The van der Waals surface area contributed by atoms with Crippen LogP contribution in [0.15, 0.2) is 29.2 Å². The van der Waals surface area contributed by atoms with Crippen molar-refractivity contribution in [1.29, 1.82) is 0 Å². The first-order valence-corrected chi connectivity index (χ1v) is 9.50. The van der Waals surface area contributed by atoms with E-state index in [1.165, 1.54) is 16.4 Å². The highest BCUT2D eigenvalue weighted by Crippen LogP contribution is 2.24. The molecule has 2 N–H and O–H groups in total. The van der Waals surface area contributed by atoms with E-state index in [1.807, 2.05) is 0 Å². The molecule has 1 fully saturated rings. The van der Waals surface area contributed by atoms with E-state index in [4.69, 9.17) is 5.11 Å². The van der Waals surface area contributed by atoms with Crippen LogP contribution in [0.3, 0.4) is 0 Å². The van der Waals surface area contributed by atoms with E-state index < -0.39 is 27.7 Å². The summed E-state index contributed by atoms with van der Waals surface area (Å²) in [6, 6.07) is 4.59. The van der Waals surface area contributed by atoms with Crippen LogP contribution in [0, 0.1) is 11.7 Å². The molecule has 1 saturated heterocycles. The molecule has 1 atom stereocenters. The number of nitrogens with one attached hydrogen (secondary N) is 1. The Morgan fingerprint density at radius 1 is 1.28 bits per heavy atom. The summed E-state index contributed by atoms with van der Waals surface area (Å²) >= 11 is 0. The van der Waals surface area contributed by atoms with Gasteiger partial charge in [-0.15, -0.1) is 0 Å². The summed E-state index contributed by atoms with van der Waals surface area (Å²) < 4.78 is 39.4. The number of benzene rings is 1. The Labute approximate surface area is 145 Å². The molecule has 9 heteroatoms. The first-order valence-electron chi connectivity index (χ1n) is 8.06. The summed E-state index contributed by atoms with van der Waals surface area (Å²) in [7, 11) is -3.77. The maximum absolute atomic E-state index is 13.0. The van der Waals surface area contributed by atoms with E-state index in [2.05, 4.69) is 5.32 Å². The number of piperidine rings is 1. The lowest BCUT2D eigenvalue weighted by Crippen LogP contribution is -2.45. The molecule has 2 rings (SSSR count). The Morgan fingerprint density at radius 3 is 2.60 bits per heavy atom.